The van der Waals surface area contributed by atoms with E-state index < -0.39 is 47.3 Å². The molecule has 3 amide bonds. The number of ether oxygens (including phenoxy) is 2. The molecule has 0 saturated carbocycles. The lowest BCUT2D eigenvalue weighted by atomic mass is 9.85. The average molecular weight is 1130 g/mol. The third kappa shape index (κ3) is 12.7. The van der Waals surface area contributed by atoms with Crippen LogP contribution in [-0.2, 0) is 23.9 Å². The number of halogens is 2. The first-order valence-corrected chi connectivity index (χ1v) is 28.5. The highest BCUT2D eigenvalue weighted by atomic mass is 35.5. The highest BCUT2D eigenvalue weighted by molar-refractivity contribution is 7.13. The fourth-order valence-corrected chi connectivity index (χ4v) is 12.4. The van der Waals surface area contributed by atoms with E-state index in [1.165, 1.54) is 11.0 Å². The molecule has 80 heavy (non-hydrogen) atoms. The molecular weight excluding hydrogens is 1060 g/mol. The van der Waals surface area contributed by atoms with Crippen LogP contribution >= 0.6 is 22.9 Å². The van der Waals surface area contributed by atoms with Gasteiger partial charge in [-0.05, 0) is 91.9 Å². The number of carbonyl (C=O) groups excluding carboxylic acids is 4. The number of nitrogens with zero attached hydrogens (tertiary/aromatic N) is 9. The first-order chi connectivity index (χ1) is 38.3. The number of hydrogen-bond donors (Lipinski definition) is 3. The normalized spacial score (nSPS) is 19.1. The van der Waals surface area contributed by atoms with Gasteiger partial charge in [0, 0.05) is 67.5 Å². The number of anilines is 1. The Hall–Kier alpha value is -6.89. The molecule has 0 spiro atoms. The van der Waals surface area contributed by atoms with Gasteiger partial charge < -0.3 is 34.6 Å². The zero-order valence-electron chi connectivity index (χ0n) is 46.1. The predicted molar refractivity (Wildman–Crippen MR) is 306 cm³/mol. The van der Waals surface area contributed by atoms with Crippen molar-refractivity contribution in [1.82, 2.24) is 45.2 Å². The highest BCUT2D eigenvalue weighted by Gasteiger charge is 2.45. The number of hydrogen-bond acceptors (Lipinski definition) is 15. The molecule has 6 aromatic rings. The molecule has 0 aliphatic carbocycles. The fourth-order valence-electron chi connectivity index (χ4n) is 11.3. The minimum Gasteiger partial charge on any atom is -0.462 e. The number of rotatable bonds is 19. The van der Waals surface area contributed by atoms with Gasteiger partial charge in [-0.2, -0.15) is 20.3 Å². The third-order valence-electron chi connectivity index (χ3n) is 15.8. The van der Waals surface area contributed by atoms with Gasteiger partial charge in [0.15, 0.2) is 11.6 Å². The van der Waals surface area contributed by atoms with E-state index in [4.69, 9.17) is 26.1 Å². The number of Topliss-reactive ketones (excluding diaryl/α,β-unsaturated/α-hetero) is 1. The summed E-state index contributed by atoms with van der Waals surface area (Å²) in [5, 5.41) is 31.7. The maximum atomic E-state index is 17.2. The van der Waals surface area contributed by atoms with Crippen LogP contribution in [0.15, 0.2) is 66.8 Å². The van der Waals surface area contributed by atoms with Crippen molar-refractivity contribution in [2.24, 2.45) is 11.3 Å². The Bertz CT molecular complexity index is 3310. The van der Waals surface area contributed by atoms with Crippen LogP contribution in [0.25, 0.3) is 43.4 Å². The minimum absolute atomic E-state index is 0.00108. The summed E-state index contributed by atoms with van der Waals surface area (Å²) in [7, 11) is 0. The summed E-state index contributed by atoms with van der Waals surface area (Å²) in [5.41, 5.74) is 6.41. The van der Waals surface area contributed by atoms with E-state index in [9.17, 15) is 29.5 Å². The number of aliphatic hydroxyl groups excluding tert-OH is 1. The molecule has 9 rings (SSSR count). The summed E-state index contributed by atoms with van der Waals surface area (Å²) in [4.78, 5) is 76.6. The van der Waals surface area contributed by atoms with Crippen LogP contribution in [0.3, 0.4) is 0 Å². The van der Waals surface area contributed by atoms with Gasteiger partial charge >= 0.3 is 6.01 Å². The van der Waals surface area contributed by atoms with Crippen LogP contribution in [0.4, 0.5) is 10.2 Å². The van der Waals surface area contributed by atoms with Crippen molar-refractivity contribution in [2.45, 2.75) is 104 Å². The van der Waals surface area contributed by atoms with Gasteiger partial charge in [0.1, 0.15) is 30.6 Å². The second kappa shape index (κ2) is 24.9. The molecule has 3 aromatic heterocycles. The zero-order chi connectivity index (χ0) is 57.0. The smallest absolute Gasteiger partial charge is 0.319 e. The third-order valence-corrected chi connectivity index (χ3v) is 17.0. The zero-order valence-corrected chi connectivity index (χ0v) is 47.7. The van der Waals surface area contributed by atoms with E-state index in [0.29, 0.717) is 41.9 Å². The van der Waals surface area contributed by atoms with Crippen molar-refractivity contribution in [2.75, 3.05) is 70.5 Å². The molecule has 5 atom stereocenters. The number of aromatic nitrogens is 5. The van der Waals surface area contributed by atoms with E-state index in [1.54, 1.807) is 28.5 Å². The number of β-amino-alcohol motifs (C(OH)–C–C–N with tert-alkyl or cyclic N) is 1. The first kappa shape index (κ1) is 57.8. The van der Waals surface area contributed by atoms with Gasteiger partial charge in [-0.3, -0.25) is 29.2 Å². The molecule has 3 aliphatic rings. The average Bonchev–Trinajstić information content (AvgIpc) is 4.27. The topological polar surface area (TPSA) is 223 Å². The Balaban J connectivity index is 0.790. The minimum atomic E-state index is -0.967. The van der Waals surface area contributed by atoms with Crippen LogP contribution in [-0.4, -0.2) is 158 Å². The molecular formula is C59H69ClFN11O7S. The van der Waals surface area contributed by atoms with Crippen molar-refractivity contribution in [3.8, 4) is 33.6 Å². The van der Waals surface area contributed by atoms with E-state index in [0.717, 1.165) is 58.7 Å². The van der Waals surface area contributed by atoms with Crippen molar-refractivity contribution >= 4 is 74.1 Å². The van der Waals surface area contributed by atoms with Gasteiger partial charge in [0.2, 0.25) is 17.7 Å². The number of carbonyl (C=O) groups is 4. The second-order valence-corrected chi connectivity index (χ2v) is 23.7. The SMILES string of the molecule is C=CC(=O)N1CCN(c2nc(OCCN3CCC(COCC(=O)N[C@H](C(=O)N4C[C@H](O)C[C@H]4C(=O)C[C@@H](C)c4ccc(-c5scnc5C)cc4)C(C)(C)C)CC3)nc3c(F)c(-c4c(C)ccc5[nH]ncc45)c(Cl)cc23)C[C@@H]1CC#N. The van der Waals surface area contributed by atoms with Crippen molar-refractivity contribution in [1.29, 1.82) is 5.26 Å². The summed E-state index contributed by atoms with van der Waals surface area (Å²) >= 11 is 8.57. The Labute approximate surface area is 474 Å². The lowest BCUT2D eigenvalue weighted by Gasteiger charge is -2.41. The number of fused-ring (bicyclic) bond motifs is 2. The van der Waals surface area contributed by atoms with Crippen LogP contribution in [0.5, 0.6) is 6.01 Å². The summed E-state index contributed by atoms with van der Waals surface area (Å²) in [6.07, 6.45) is 4.00. The lowest BCUT2D eigenvalue weighted by molar-refractivity contribution is -0.144. The number of amides is 3. The number of thiazole rings is 1. The Kier molecular flexibility index (Phi) is 18.0. The Morgan fingerprint density at radius 2 is 1.80 bits per heavy atom. The van der Waals surface area contributed by atoms with Gasteiger partial charge in [-0.1, -0.05) is 76.2 Å². The molecule has 0 bridgehead atoms. The number of piperazine rings is 1. The lowest BCUT2D eigenvalue weighted by Crippen LogP contribution is -2.57. The molecule has 6 heterocycles. The number of likely N-dealkylation sites (tertiary alicyclic amines) is 2. The summed E-state index contributed by atoms with van der Waals surface area (Å²) < 4.78 is 29.4. The molecule has 3 saturated heterocycles. The molecule has 3 aliphatic heterocycles. The maximum Gasteiger partial charge on any atom is 0.319 e. The Morgan fingerprint density at radius 3 is 2.50 bits per heavy atom. The van der Waals surface area contributed by atoms with E-state index in [1.807, 2.05) is 88.4 Å². The first-order valence-electron chi connectivity index (χ1n) is 27.2. The van der Waals surface area contributed by atoms with Crippen molar-refractivity contribution in [3.05, 3.63) is 94.5 Å². The van der Waals surface area contributed by atoms with Crippen LogP contribution in [0, 0.1) is 42.3 Å². The largest absolute Gasteiger partial charge is 0.462 e. The summed E-state index contributed by atoms with van der Waals surface area (Å²) in [5.74, 6) is -1.50. The highest BCUT2D eigenvalue weighted by Crippen LogP contribution is 2.43. The van der Waals surface area contributed by atoms with E-state index >= 15 is 4.39 Å². The molecule has 3 fully saturated rings. The molecule has 18 nitrogen and oxygen atoms in total. The summed E-state index contributed by atoms with van der Waals surface area (Å²) in [6, 6.07) is 13.4. The second-order valence-electron chi connectivity index (χ2n) is 22.4. The molecule has 0 radical (unpaired) electrons. The molecule has 0 unspecified atom stereocenters. The molecule has 3 N–H and O–H groups in total. The van der Waals surface area contributed by atoms with Crippen LogP contribution < -0.4 is 15.0 Å². The van der Waals surface area contributed by atoms with Crippen molar-refractivity contribution in [3.63, 3.8) is 0 Å². The van der Waals surface area contributed by atoms with E-state index in [-0.39, 0.29) is 97.7 Å². The molecule has 3 aromatic carbocycles. The maximum absolute atomic E-state index is 17.2. The number of nitrogens with one attached hydrogen (secondary N) is 2. The monoisotopic (exact) mass is 1130 g/mol. The van der Waals surface area contributed by atoms with Crippen LogP contribution in [0.1, 0.15) is 82.5 Å². The number of H-pyrrole nitrogens is 1. The van der Waals surface area contributed by atoms with Gasteiger partial charge in [0.25, 0.3) is 0 Å². The van der Waals surface area contributed by atoms with Crippen LogP contribution in [0.2, 0.25) is 5.02 Å². The number of aliphatic hydroxyl groups is 1. The molecule has 21 heteroatoms. The molecule has 422 valence electrons. The standard InChI is InChI=1S/C59H69ClFN11O7S/c1-8-49(76)71-22-21-70(29-40(71)15-18-62)56-42-27-44(60)51(50-34(2)9-14-45-43(50)28-64-68-45)52(61)53(42)66-58(67-56)79-24-23-69-19-16-37(17-20-69)31-78-32-48(75)65-55(59(5,6)7)57(77)72-30-41(73)26-46(72)47(74)25-35(3)38-10-12-39(13-11-38)54-36(4)63-33-80-54/h8-14,27-28,33,35,37,40-41,46,55,73H,1,15-17,19-26,29-32H2,2-7H3,(H,64,68)(H,65,75)/t35-,40+,41-,46+,55-/m1/s1. The van der Waals surface area contributed by atoms with E-state index in [2.05, 4.69) is 43.0 Å². The fraction of sp³-hybridized carbons (Fsp3) is 0.475. The van der Waals surface area contributed by atoms with Gasteiger partial charge in [-0.25, -0.2) is 9.37 Å². The predicted octanol–water partition coefficient (Wildman–Crippen LogP) is 8.19. The number of benzene rings is 3. The number of piperidine rings is 1. The number of aryl methyl sites for hydroxylation is 2. The quantitative estimate of drug-likeness (QED) is 0.0651. The van der Waals surface area contributed by atoms with Crippen molar-refractivity contribution < 1.29 is 38.1 Å². The number of aromatic amines is 1. The number of nitriles is 1. The Morgan fingerprint density at radius 1 is 1.04 bits per heavy atom. The van der Waals surface area contributed by atoms with Gasteiger partial charge in [0.05, 0.1) is 70.1 Å². The van der Waals surface area contributed by atoms with Gasteiger partial charge in [-0.15, -0.1) is 11.3 Å². The summed E-state index contributed by atoms with van der Waals surface area (Å²) in [6.45, 7) is 18.2. The number of ketones is 1.